The fraction of sp³-hybridized carbons (Fsp3) is 0.273. The molecule has 0 atom stereocenters. The van der Waals surface area contributed by atoms with Crippen molar-refractivity contribution >= 4 is 32.9 Å². The van der Waals surface area contributed by atoms with Crippen molar-refractivity contribution in [1.82, 2.24) is 9.55 Å². The summed E-state index contributed by atoms with van der Waals surface area (Å²) in [7, 11) is 0. The first-order chi connectivity index (χ1) is 8.11. The van der Waals surface area contributed by atoms with Gasteiger partial charge >= 0.3 is 5.97 Å². The molecule has 1 heterocycles. The zero-order chi connectivity index (χ0) is 12.4. The minimum absolute atomic E-state index is 0.0475. The molecule has 1 aromatic carbocycles. The Labute approximate surface area is 106 Å². The number of aliphatic hydroxyl groups excluding tert-OH is 1. The molecule has 90 valence electrons. The number of aromatic nitrogens is 2. The second-order valence-electron chi connectivity index (χ2n) is 3.61. The van der Waals surface area contributed by atoms with Crippen molar-refractivity contribution in [3.63, 3.8) is 0 Å². The van der Waals surface area contributed by atoms with E-state index in [1.807, 2.05) is 18.2 Å². The van der Waals surface area contributed by atoms with Gasteiger partial charge in [-0.15, -0.1) is 0 Å². The lowest BCUT2D eigenvalue weighted by atomic mass is 10.3. The summed E-state index contributed by atoms with van der Waals surface area (Å²) >= 11 is 3.34. The number of aliphatic hydroxyl groups is 1. The number of carboxylic acids is 1. The highest BCUT2D eigenvalue weighted by Gasteiger charge is 2.13. The fourth-order valence-corrected chi connectivity index (χ4v) is 2.12. The minimum Gasteiger partial charge on any atom is -0.481 e. The van der Waals surface area contributed by atoms with Gasteiger partial charge in [0, 0.05) is 11.0 Å². The van der Waals surface area contributed by atoms with Gasteiger partial charge in [0.15, 0.2) is 0 Å². The maximum atomic E-state index is 10.7. The quantitative estimate of drug-likeness (QED) is 0.895. The average Bonchev–Trinajstić information content (AvgIpc) is 2.55. The predicted octanol–water partition coefficient (Wildman–Crippen LogP) is 1.42. The third-order valence-corrected chi connectivity index (χ3v) is 2.92. The largest absolute Gasteiger partial charge is 0.481 e. The summed E-state index contributed by atoms with van der Waals surface area (Å²) in [6.07, 6.45) is -0.147. The molecule has 0 saturated heterocycles. The Bertz CT molecular complexity index is 565. The summed E-state index contributed by atoms with van der Waals surface area (Å²) in [5, 5.41) is 17.8. The fourth-order valence-electron chi connectivity index (χ4n) is 1.77. The van der Waals surface area contributed by atoms with Gasteiger partial charge in [0.1, 0.15) is 12.2 Å². The van der Waals surface area contributed by atoms with Gasteiger partial charge in [0.25, 0.3) is 0 Å². The van der Waals surface area contributed by atoms with E-state index in [9.17, 15) is 4.79 Å². The summed E-state index contributed by atoms with van der Waals surface area (Å²) < 4.78 is 2.62. The van der Waals surface area contributed by atoms with Crippen LogP contribution in [0, 0.1) is 0 Å². The van der Waals surface area contributed by atoms with E-state index in [1.165, 1.54) is 0 Å². The molecule has 0 saturated carbocycles. The molecule has 1 aromatic heterocycles. The molecule has 0 spiro atoms. The number of halogens is 1. The van der Waals surface area contributed by atoms with Crippen molar-refractivity contribution in [2.45, 2.75) is 13.0 Å². The van der Waals surface area contributed by atoms with Crippen LogP contribution in [-0.2, 0) is 17.8 Å². The predicted molar refractivity (Wildman–Crippen MR) is 65.9 cm³/mol. The molecule has 0 amide bonds. The molecule has 0 radical (unpaired) electrons. The van der Waals surface area contributed by atoms with Gasteiger partial charge in [-0.25, -0.2) is 4.98 Å². The molecular weight excluding hydrogens is 288 g/mol. The summed E-state index contributed by atoms with van der Waals surface area (Å²) in [4.78, 5) is 15.0. The summed E-state index contributed by atoms with van der Waals surface area (Å²) in [6, 6.07) is 5.55. The van der Waals surface area contributed by atoms with Crippen LogP contribution < -0.4 is 0 Å². The summed E-state index contributed by atoms with van der Waals surface area (Å²) in [6.45, 7) is 0.300. The Balaban J connectivity index is 2.56. The second-order valence-corrected chi connectivity index (χ2v) is 4.52. The number of imidazole rings is 1. The Kier molecular flexibility index (Phi) is 3.44. The molecule has 0 unspecified atom stereocenters. The van der Waals surface area contributed by atoms with Crippen molar-refractivity contribution in [1.29, 1.82) is 0 Å². The van der Waals surface area contributed by atoms with Crippen molar-refractivity contribution in [3.05, 3.63) is 28.5 Å². The van der Waals surface area contributed by atoms with Crippen LogP contribution in [0.15, 0.2) is 22.7 Å². The molecular formula is C11H11BrN2O3. The molecule has 6 heteroatoms. The third kappa shape index (κ3) is 2.48. The number of hydrogen-bond donors (Lipinski definition) is 2. The van der Waals surface area contributed by atoms with Crippen molar-refractivity contribution in [3.8, 4) is 0 Å². The first-order valence-electron chi connectivity index (χ1n) is 5.09. The van der Waals surface area contributed by atoms with Crippen molar-refractivity contribution in [2.75, 3.05) is 6.61 Å². The zero-order valence-corrected chi connectivity index (χ0v) is 10.5. The van der Waals surface area contributed by atoms with E-state index in [0.29, 0.717) is 12.4 Å². The molecule has 2 aromatic rings. The smallest absolute Gasteiger partial charge is 0.311 e. The van der Waals surface area contributed by atoms with E-state index < -0.39 is 5.97 Å². The summed E-state index contributed by atoms with van der Waals surface area (Å²) in [5.41, 5.74) is 1.56. The van der Waals surface area contributed by atoms with E-state index in [-0.39, 0.29) is 13.0 Å². The molecule has 5 nitrogen and oxygen atoms in total. The van der Waals surface area contributed by atoms with E-state index in [4.69, 9.17) is 10.2 Å². The standard InChI is InChI=1S/C11H11BrN2O3/c12-7-1-2-9-8(5-7)13-10(6-11(16)17)14(9)3-4-15/h1-2,5,15H,3-4,6H2,(H,16,17). The van der Waals surface area contributed by atoms with Gasteiger partial charge in [0.05, 0.1) is 17.6 Å². The van der Waals surface area contributed by atoms with Gasteiger partial charge in [-0.05, 0) is 18.2 Å². The zero-order valence-electron chi connectivity index (χ0n) is 8.93. The van der Waals surface area contributed by atoms with Gasteiger partial charge in [0.2, 0.25) is 0 Å². The number of benzene rings is 1. The van der Waals surface area contributed by atoms with Crippen LogP contribution in [0.2, 0.25) is 0 Å². The highest BCUT2D eigenvalue weighted by molar-refractivity contribution is 9.10. The lowest BCUT2D eigenvalue weighted by Crippen LogP contribution is -2.11. The number of aliphatic carboxylic acids is 1. The highest BCUT2D eigenvalue weighted by atomic mass is 79.9. The Hall–Kier alpha value is -1.40. The molecule has 0 aliphatic carbocycles. The number of carboxylic acid groups (broad SMARTS) is 1. The molecule has 0 aliphatic heterocycles. The van der Waals surface area contributed by atoms with Crippen molar-refractivity contribution < 1.29 is 15.0 Å². The maximum Gasteiger partial charge on any atom is 0.311 e. The lowest BCUT2D eigenvalue weighted by Gasteiger charge is -2.05. The molecule has 2 rings (SSSR count). The van der Waals surface area contributed by atoms with Crippen molar-refractivity contribution in [2.24, 2.45) is 0 Å². The van der Waals surface area contributed by atoms with Crippen LogP contribution >= 0.6 is 15.9 Å². The monoisotopic (exact) mass is 298 g/mol. The minimum atomic E-state index is -0.932. The Morgan fingerprint density at radius 3 is 2.88 bits per heavy atom. The van der Waals surface area contributed by atoms with E-state index in [0.717, 1.165) is 15.5 Å². The van der Waals surface area contributed by atoms with E-state index in [2.05, 4.69) is 20.9 Å². The normalized spacial score (nSPS) is 10.9. The van der Waals surface area contributed by atoms with E-state index >= 15 is 0 Å². The SMILES string of the molecule is O=C(O)Cc1nc2cc(Br)ccc2n1CCO. The topological polar surface area (TPSA) is 75.3 Å². The molecule has 2 N–H and O–H groups in total. The maximum absolute atomic E-state index is 10.7. The average molecular weight is 299 g/mol. The molecule has 0 fully saturated rings. The van der Waals surface area contributed by atoms with Crippen LogP contribution in [0.3, 0.4) is 0 Å². The van der Waals surface area contributed by atoms with E-state index in [1.54, 1.807) is 4.57 Å². The van der Waals surface area contributed by atoms with Gasteiger partial charge in [-0.3, -0.25) is 4.79 Å². The molecule has 0 aliphatic rings. The van der Waals surface area contributed by atoms with Crippen LogP contribution in [0.1, 0.15) is 5.82 Å². The van der Waals surface area contributed by atoms with Gasteiger partial charge in [-0.2, -0.15) is 0 Å². The number of nitrogens with zero attached hydrogens (tertiary/aromatic N) is 2. The molecule has 0 bridgehead atoms. The third-order valence-electron chi connectivity index (χ3n) is 2.42. The first-order valence-corrected chi connectivity index (χ1v) is 5.88. The van der Waals surface area contributed by atoms with Crippen LogP contribution in [0.4, 0.5) is 0 Å². The second kappa shape index (κ2) is 4.85. The summed E-state index contributed by atoms with van der Waals surface area (Å²) in [5.74, 6) is -0.474. The number of hydrogen-bond acceptors (Lipinski definition) is 3. The lowest BCUT2D eigenvalue weighted by molar-refractivity contribution is -0.136. The first kappa shape index (κ1) is 12.1. The van der Waals surface area contributed by atoms with Crippen LogP contribution in [0.5, 0.6) is 0 Å². The number of fused-ring (bicyclic) bond motifs is 1. The Morgan fingerprint density at radius 1 is 1.47 bits per heavy atom. The highest BCUT2D eigenvalue weighted by Crippen LogP contribution is 2.21. The number of carbonyl (C=O) groups is 1. The van der Waals surface area contributed by atoms with Crippen LogP contribution in [-0.4, -0.2) is 32.3 Å². The molecule has 17 heavy (non-hydrogen) atoms. The van der Waals surface area contributed by atoms with Gasteiger partial charge in [-0.1, -0.05) is 15.9 Å². The number of rotatable bonds is 4. The Morgan fingerprint density at radius 2 is 2.24 bits per heavy atom. The van der Waals surface area contributed by atoms with Gasteiger partial charge < -0.3 is 14.8 Å². The van der Waals surface area contributed by atoms with Crippen LogP contribution in [0.25, 0.3) is 11.0 Å².